The van der Waals surface area contributed by atoms with E-state index in [9.17, 15) is 9.59 Å². The zero-order valence-corrected chi connectivity index (χ0v) is 19.4. The average molecular weight is 503 g/mol. The van der Waals surface area contributed by atoms with Crippen LogP contribution in [-0.2, 0) is 30.4 Å². The van der Waals surface area contributed by atoms with Gasteiger partial charge in [-0.3, -0.25) is 9.59 Å². The summed E-state index contributed by atoms with van der Waals surface area (Å²) in [6.45, 7) is 0. The van der Waals surface area contributed by atoms with Gasteiger partial charge in [0.25, 0.3) is 0 Å². The second-order valence-corrected chi connectivity index (χ2v) is 7.72. The van der Waals surface area contributed by atoms with Crippen LogP contribution in [0.1, 0.15) is 22.8 Å². The summed E-state index contributed by atoms with van der Waals surface area (Å²) in [5.74, 6) is -0.241. The van der Waals surface area contributed by atoms with E-state index < -0.39 is 0 Å². The fraction of sp³-hybridized carbons (Fsp3) is 0. The van der Waals surface area contributed by atoms with Crippen LogP contribution >= 0.6 is 0 Å². The van der Waals surface area contributed by atoms with Gasteiger partial charge in [-0.1, -0.05) is 0 Å². The number of hydrogen-bond acceptors (Lipinski definition) is 5. The Balaban J connectivity index is 0.000000221. The number of nitrogens with one attached hydrogen (secondary N) is 2. The molecule has 8 heteroatoms. The summed E-state index contributed by atoms with van der Waals surface area (Å²) in [4.78, 5) is 45.3. The second-order valence-electron chi connectivity index (χ2n) is 7.46. The summed E-state index contributed by atoms with van der Waals surface area (Å²) >= 11 is 2.81. The number of hydrogen-bond donors (Lipinski definition) is 2. The molecule has 3 aromatic rings. The molecule has 3 aromatic heterocycles. The van der Waals surface area contributed by atoms with Crippen LogP contribution in [0.25, 0.3) is 46.4 Å². The van der Waals surface area contributed by atoms with Gasteiger partial charge in [0.1, 0.15) is 0 Å². The number of aromatic amines is 2. The average Bonchev–Trinajstić information content (AvgIpc) is 3.63. The van der Waals surface area contributed by atoms with Crippen molar-refractivity contribution < 1.29 is 30.4 Å². The van der Waals surface area contributed by atoms with Crippen molar-refractivity contribution in [3.05, 3.63) is 95.6 Å². The third kappa shape index (κ3) is 6.80. The standard InChI is InChI=1S/C20H14N4.C6H4O2.CHO.Fe/c1-2-14-10-16-5-6-18(23-16)12-20-8-7-19(24-20)11-17-4-3-15(22-17)9-13(1)21-14;7-5-1-2-6(8)4-3-5;1-2;/h1-12,21,24H;1-4H;1H;. The molecule has 2 N–H and O–H groups in total. The Morgan fingerprint density at radius 1 is 0.543 bits per heavy atom. The predicted molar refractivity (Wildman–Crippen MR) is 134 cm³/mol. The predicted octanol–water partition coefficient (Wildman–Crippen LogP) is 4.63. The van der Waals surface area contributed by atoms with E-state index in [2.05, 4.69) is 60.2 Å². The Kier molecular flexibility index (Phi) is 7.57. The molecule has 35 heavy (non-hydrogen) atoms. The monoisotopic (exact) mass is 503 g/mol. The van der Waals surface area contributed by atoms with E-state index in [1.54, 1.807) is 0 Å². The van der Waals surface area contributed by atoms with Crippen molar-refractivity contribution in [3.8, 4) is 0 Å². The van der Waals surface area contributed by atoms with Gasteiger partial charge < -0.3 is 9.97 Å². The number of carbonyl (C=O) groups excluding carboxylic acids is 3. The first-order valence-corrected chi connectivity index (χ1v) is 11.2. The summed E-state index contributed by atoms with van der Waals surface area (Å²) in [6.07, 6.45) is 13.1. The van der Waals surface area contributed by atoms with Gasteiger partial charge in [-0.15, -0.1) is 0 Å². The molecular formula is C27H19FeN4O3. The Bertz CT molecular complexity index is 1360. The van der Waals surface area contributed by atoms with E-state index in [0.29, 0.717) is 5.18 Å². The van der Waals surface area contributed by atoms with Crippen LogP contribution in [0.15, 0.2) is 72.8 Å². The van der Waals surface area contributed by atoms with Gasteiger partial charge in [0.15, 0.2) is 11.6 Å². The molecule has 173 valence electrons. The first kappa shape index (κ1) is 23.8. The van der Waals surface area contributed by atoms with Crippen LogP contribution in [0.2, 0.25) is 0 Å². The Labute approximate surface area is 208 Å². The van der Waals surface area contributed by atoms with Crippen LogP contribution in [0.5, 0.6) is 0 Å². The minimum absolute atomic E-state index is 0.121. The molecule has 6 rings (SSSR count). The van der Waals surface area contributed by atoms with Crippen LogP contribution in [0, 0.1) is 0 Å². The van der Waals surface area contributed by atoms with Crippen molar-refractivity contribution in [1.29, 1.82) is 0 Å². The number of H-pyrrole nitrogens is 2. The zero-order valence-electron chi connectivity index (χ0n) is 18.3. The summed E-state index contributed by atoms with van der Waals surface area (Å²) in [5.41, 5.74) is 7.86. The molecule has 2 aliphatic heterocycles. The van der Waals surface area contributed by atoms with Crippen molar-refractivity contribution in [2.45, 2.75) is 0 Å². The van der Waals surface area contributed by atoms with Crippen LogP contribution in [-0.4, -0.2) is 36.7 Å². The Hall–Kier alpha value is -4.39. The molecule has 0 aromatic carbocycles. The zero-order chi connectivity index (χ0) is 24.6. The Morgan fingerprint density at radius 3 is 1.06 bits per heavy atom. The molecule has 7 nitrogen and oxygen atoms in total. The van der Waals surface area contributed by atoms with E-state index in [1.165, 1.54) is 24.3 Å². The number of ketones is 2. The van der Waals surface area contributed by atoms with Crippen molar-refractivity contribution >= 4 is 63.1 Å². The molecule has 0 unspecified atom stereocenters. The number of aromatic nitrogens is 4. The fourth-order valence-corrected chi connectivity index (χ4v) is 3.38. The van der Waals surface area contributed by atoms with E-state index in [0.717, 1.165) is 44.8 Å². The summed E-state index contributed by atoms with van der Waals surface area (Å²) in [5, 5.41) is 0.500. The second kappa shape index (κ2) is 11.2. The van der Waals surface area contributed by atoms with Crippen molar-refractivity contribution in [1.82, 2.24) is 19.9 Å². The molecule has 5 heterocycles. The third-order valence-corrected chi connectivity index (χ3v) is 4.87. The van der Waals surface area contributed by atoms with Crippen molar-refractivity contribution in [2.75, 3.05) is 0 Å². The third-order valence-electron chi connectivity index (χ3n) is 4.87. The number of carbonyl (C=O) groups is 3. The van der Waals surface area contributed by atoms with Crippen molar-refractivity contribution in [3.63, 3.8) is 0 Å². The molecule has 0 saturated carbocycles. The van der Waals surface area contributed by atoms with Gasteiger partial charge in [-0.05, 0) is 97.1 Å². The minimum atomic E-state index is -0.121. The van der Waals surface area contributed by atoms with Crippen LogP contribution in [0.3, 0.4) is 0 Å². The van der Waals surface area contributed by atoms with E-state index >= 15 is 0 Å². The van der Waals surface area contributed by atoms with Gasteiger partial charge in [-0.25, -0.2) is 9.97 Å². The van der Waals surface area contributed by atoms with Gasteiger partial charge in [0, 0.05) is 22.1 Å². The van der Waals surface area contributed by atoms with Gasteiger partial charge in [-0.2, -0.15) is 0 Å². The molecular weight excluding hydrogens is 484 g/mol. The summed E-state index contributed by atoms with van der Waals surface area (Å²) in [6, 6.07) is 16.4. The van der Waals surface area contributed by atoms with E-state index in [1.807, 2.05) is 48.6 Å². The van der Waals surface area contributed by atoms with Gasteiger partial charge in [0.05, 0.1) is 22.8 Å². The van der Waals surface area contributed by atoms with Gasteiger partial charge in [0.2, 0.25) is 0 Å². The normalized spacial score (nSPS) is 13.1. The SMILES string of the molecule is C1=Cc2cc3ccc(cc4nc(cc5ccc(cc1n2)[nH]5)C=C4)[nH]3.O=C1C=CC(=O)C=C1.O=[CH][Fe]. The fourth-order valence-electron chi connectivity index (χ4n) is 3.38. The van der Waals surface area contributed by atoms with Crippen molar-refractivity contribution in [2.24, 2.45) is 0 Å². The molecule has 1 aliphatic carbocycles. The number of fused-ring (bicyclic) bond motifs is 8. The molecule has 0 amide bonds. The summed E-state index contributed by atoms with van der Waals surface area (Å²) in [7, 11) is 0. The topological polar surface area (TPSA) is 109 Å². The molecule has 0 radical (unpaired) electrons. The number of nitrogens with zero attached hydrogens (tertiary/aromatic N) is 2. The molecule has 0 spiro atoms. The maximum absolute atomic E-state index is 10.3. The molecule has 3 aliphatic rings. The molecule has 0 fully saturated rings. The van der Waals surface area contributed by atoms with E-state index in [4.69, 9.17) is 4.79 Å². The van der Waals surface area contributed by atoms with E-state index in [-0.39, 0.29) is 11.6 Å². The summed E-state index contributed by atoms with van der Waals surface area (Å²) < 4.78 is 0. The number of allylic oxidation sites excluding steroid dienone is 4. The Morgan fingerprint density at radius 2 is 0.800 bits per heavy atom. The van der Waals surface area contributed by atoms with Crippen LogP contribution in [0.4, 0.5) is 0 Å². The van der Waals surface area contributed by atoms with Crippen LogP contribution < -0.4 is 0 Å². The molecule has 0 atom stereocenters. The quantitative estimate of drug-likeness (QED) is 0.182. The first-order chi connectivity index (χ1) is 17.0. The maximum atomic E-state index is 10.3. The molecule has 0 saturated heterocycles. The van der Waals surface area contributed by atoms with Gasteiger partial charge >= 0.3 is 26.0 Å². The molecule has 8 bridgehead atoms. The number of rotatable bonds is 0. The first-order valence-electron chi connectivity index (χ1n) is 10.5.